The molecule has 0 aliphatic rings. The van der Waals surface area contributed by atoms with Crippen LogP contribution in [0, 0.1) is 13.8 Å². The van der Waals surface area contributed by atoms with Crippen LogP contribution in [0.4, 0.5) is 113 Å². The Morgan fingerprint density at radius 3 is 1.02 bits per heavy atom. The number of nitrogens with zero attached hydrogens (tertiary/aromatic N) is 6. The summed E-state index contributed by atoms with van der Waals surface area (Å²) in [7, 11) is 10.6. The number of ether oxygens (including phenoxy) is 3. The molecule has 0 bridgehead atoms. The van der Waals surface area contributed by atoms with E-state index >= 15 is 0 Å². The zero-order chi connectivity index (χ0) is 93.8. The second kappa shape index (κ2) is 55.5. The van der Waals surface area contributed by atoms with Gasteiger partial charge in [-0.15, -0.1) is 45.3 Å². The Labute approximate surface area is 771 Å². The number of aromatic nitrogens is 4. The number of aryl methyl sites for hydroxylation is 2. The molecule has 0 aliphatic carbocycles. The number of nitrogens with one attached hydrogen (secondary N) is 7. The molecule has 126 heavy (non-hydrogen) atoms. The molecule has 11 aromatic rings. The maximum Gasteiger partial charge on any atom is 0.416 e. The van der Waals surface area contributed by atoms with Crippen LogP contribution in [-0.2, 0) is 58.1 Å². The number of hydrogen-bond acceptors (Lipinski definition) is 25. The van der Waals surface area contributed by atoms with E-state index in [9.17, 15) is 71.9 Å². The Hall–Kier alpha value is -9.27. The molecule has 0 atom stereocenters. The van der Waals surface area contributed by atoms with Gasteiger partial charge in [0.1, 0.15) is 16.0 Å². The van der Waals surface area contributed by atoms with Gasteiger partial charge in [-0.3, -0.25) is 21.5 Å². The van der Waals surface area contributed by atoms with Crippen molar-refractivity contribution < 1.29 is 86.1 Å². The Bertz CT molecular complexity index is 5010. The van der Waals surface area contributed by atoms with Crippen LogP contribution in [0.5, 0.6) is 0 Å². The van der Waals surface area contributed by atoms with Gasteiger partial charge in [-0.1, -0.05) is 80.4 Å². The van der Waals surface area contributed by atoms with E-state index in [2.05, 4.69) is 150 Å². The van der Waals surface area contributed by atoms with E-state index < -0.39 is 87.9 Å². The molecule has 0 aliphatic heterocycles. The van der Waals surface area contributed by atoms with E-state index in [1.165, 1.54) is 150 Å². The molecule has 0 saturated carbocycles. The molecule has 0 spiro atoms. The molecular weight excluding hydrogens is 2070 g/mol. The fraction of sp³-hybridized carbons (Fsp3) is 0.286. The number of esters is 3. The summed E-state index contributed by atoms with van der Waals surface area (Å²) in [5, 5.41) is 28.6. The molecule has 9 N–H and O–H groups in total. The van der Waals surface area contributed by atoms with Gasteiger partial charge in [0.15, 0.2) is 20.5 Å². The van der Waals surface area contributed by atoms with E-state index in [0.717, 1.165) is 92.7 Å². The number of thiazole rings is 4. The minimum atomic E-state index is -4.41. The first-order chi connectivity index (χ1) is 59.4. The van der Waals surface area contributed by atoms with Gasteiger partial charge < -0.3 is 40.9 Å². The molecule has 11 rings (SSSR count). The number of hydrogen-bond donors (Lipinski definition) is 8. The summed E-state index contributed by atoms with van der Waals surface area (Å²) in [6, 6.07) is 42.3. The summed E-state index contributed by atoms with van der Waals surface area (Å²) in [5.74, 6) is 2.80. The number of carbonyl (C=O) groups excluding carboxylic acids is 4. The predicted molar refractivity (Wildman–Crippen MR) is 497 cm³/mol. The van der Waals surface area contributed by atoms with Crippen LogP contribution >= 0.6 is 102 Å². The maximum atomic E-state index is 12.9. The van der Waals surface area contributed by atoms with Crippen molar-refractivity contribution in [2.45, 2.75) is 132 Å². The first-order valence-corrected chi connectivity index (χ1v) is 53.3. The molecule has 21 nitrogen and oxygen atoms in total. The van der Waals surface area contributed by atoms with Gasteiger partial charge in [-0.2, -0.15) is 62.9 Å². The third-order valence-corrected chi connectivity index (χ3v) is 35.5. The standard InChI is InChI=1S/C20H17F3N4O2S.2C11H9F3N2S.C10H6BrF3N2S.C10H11BrN2O2.C6H7BrN2.C4H6O3.3C4H9.ClH.Sn/c1-12(18(28)29-2)26-27-16-8-3-5-13(9-16)17-11-30-19(25-17)24-15-7-4-6-14(10-15)20(21,22)23;2*1-7-6-17-10(15-7)16-9-4-2-3-8(5-9)11(12,13)14;11-8-5-17-9(16-8)15-7-3-1-2-6(4-7)10(12,13)14;1-7(10(14)15-2)12-13-9-5-3-4-8(11)6-9;7-5-2-1-3-6(4-5)9-8;1-3(5)4(6)7-2;3*1-3-4-2;;/h3-11,27H,1-2H3,(H,24,25);2*2-6H,1H3,(H,15,16);1-5H,(H,15,16);3-6,13H,1-2H3;1-4,9H,8H2;1-2H3;3*1,3-4H2,2H3;1H;/q;;;;;;;;;;;+1/p-1/b26-12+;;;;12-7+;;;;;;;. The predicted octanol–water partition coefficient (Wildman–Crippen LogP) is 28.1. The molecule has 7 aromatic carbocycles. The van der Waals surface area contributed by atoms with Gasteiger partial charge in [-0.25, -0.2) is 34.3 Å². The van der Waals surface area contributed by atoms with E-state index in [-0.39, 0.29) is 11.4 Å². The zero-order valence-corrected chi connectivity index (χ0v) is 81.3. The number of rotatable bonds is 26. The molecular formula is C84H92Br3ClF12N14O7S4Sn. The van der Waals surface area contributed by atoms with Gasteiger partial charge in [0.25, 0.3) is 0 Å². The fourth-order valence-electron chi connectivity index (χ4n) is 9.75. The summed E-state index contributed by atoms with van der Waals surface area (Å²) in [6.45, 7) is 14.8. The van der Waals surface area contributed by atoms with Gasteiger partial charge in [0, 0.05) is 71.4 Å². The number of nitrogens with two attached hydrogens (primary N) is 1. The first kappa shape index (κ1) is 109. The molecule has 4 aromatic heterocycles. The number of unbranched alkanes of at least 4 members (excludes halogenated alkanes) is 3. The maximum absolute atomic E-state index is 12.9. The smallest absolute Gasteiger partial charge is 0.416 e. The average Bonchev–Trinajstić information content (AvgIpc) is 1.52. The normalized spacial score (nSPS) is 11.2. The quantitative estimate of drug-likeness (QED) is 0.00365. The van der Waals surface area contributed by atoms with Crippen LogP contribution in [-0.4, -0.2) is 93.6 Å². The van der Waals surface area contributed by atoms with Crippen LogP contribution < -0.4 is 43.4 Å². The first-order valence-electron chi connectivity index (χ1n) is 37.7. The molecule has 0 fully saturated rings. The van der Waals surface area contributed by atoms with E-state index in [4.69, 9.17) is 14.8 Å². The number of anilines is 11. The number of hydrazine groups is 1. The van der Waals surface area contributed by atoms with Crippen LogP contribution in [0.15, 0.2) is 215 Å². The molecule has 42 heteroatoms. The van der Waals surface area contributed by atoms with E-state index in [0.29, 0.717) is 59.3 Å². The van der Waals surface area contributed by atoms with Crippen molar-refractivity contribution in [3.63, 3.8) is 0 Å². The van der Waals surface area contributed by atoms with E-state index in [1.54, 1.807) is 60.1 Å². The number of halogens is 16. The zero-order valence-electron chi connectivity index (χ0n) is 69.6. The van der Waals surface area contributed by atoms with Crippen molar-refractivity contribution in [1.29, 1.82) is 0 Å². The number of ketones is 1. The van der Waals surface area contributed by atoms with Crippen molar-refractivity contribution in [1.82, 2.24) is 19.9 Å². The number of Topliss-reactive ketones (excluding diaryl/α,β-unsaturated/α-hetero) is 1. The van der Waals surface area contributed by atoms with E-state index in [1.807, 2.05) is 79.2 Å². The van der Waals surface area contributed by atoms with Gasteiger partial charge in [0.05, 0.1) is 72.0 Å². The van der Waals surface area contributed by atoms with Crippen molar-refractivity contribution in [2.24, 2.45) is 16.0 Å². The van der Waals surface area contributed by atoms with Gasteiger partial charge >= 0.3 is 141 Å². The largest absolute Gasteiger partial charge is 0.464 e. The van der Waals surface area contributed by atoms with Gasteiger partial charge in [0.2, 0.25) is 5.78 Å². The number of carbonyl (C=O) groups is 4. The fourth-order valence-corrected chi connectivity index (χ4v) is 27.2. The van der Waals surface area contributed by atoms with Crippen molar-refractivity contribution in [2.75, 3.05) is 58.9 Å². The minimum Gasteiger partial charge on any atom is -0.464 e. The van der Waals surface area contributed by atoms with Gasteiger partial charge in [-0.05, 0) is 165 Å². The van der Waals surface area contributed by atoms with Crippen molar-refractivity contribution in [3.05, 3.63) is 239 Å². The Morgan fingerprint density at radius 2 is 0.730 bits per heavy atom. The van der Waals surface area contributed by atoms with Crippen molar-refractivity contribution in [3.8, 4) is 11.3 Å². The number of methoxy groups -OCH3 is 3. The Balaban J connectivity index is 0.000000311. The molecule has 4 heterocycles. The number of alkyl halides is 12. The summed E-state index contributed by atoms with van der Waals surface area (Å²) in [5.41, 5.74) is 12.6. The molecule has 0 unspecified atom stereocenters. The number of hydrazone groups is 2. The molecule has 680 valence electrons. The average molecular weight is 2160 g/mol. The van der Waals surface area contributed by atoms with Crippen LogP contribution in [0.1, 0.15) is 114 Å². The van der Waals surface area contributed by atoms with Crippen LogP contribution in [0.2, 0.25) is 13.3 Å². The van der Waals surface area contributed by atoms with Crippen molar-refractivity contribution >= 4 is 215 Å². The number of benzene rings is 7. The Morgan fingerprint density at radius 1 is 0.421 bits per heavy atom. The second-order valence-corrected chi connectivity index (χ2v) is 48.6. The number of nitrogen functional groups attached to an aromatic ring is 1. The monoisotopic (exact) mass is 2160 g/mol. The van der Waals surface area contributed by atoms with Crippen LogP contribution in [0.25, 0.3) is 11.3 Å². The molecule has 0 amide bonds. The Kier molecular flexibility index (Phi) is 48.0. The van der Waals surface area contributed by atoms with Crippen LogP contribution in [0.3, 0.4) is 0 Å². The SMILES string of the molecule is CCC[CH2][Sn]([Cl])([CH2]CCC)[CH2]CCC.COC(=O)/C(C)=N/Nc1cccc(-c2csc(Nc3cccc(C(F)(F)F)c3)n2)c1.COC(=O)/C(C)=N/Nc1cccc(Br)c1.COC(=O)C(C)=O.Cc1csc(Nc2cccc(C(F)(F)F)c2)n1.Cc1csc(Nc2cccc(C(F)(F)F)c2)n1.FC(F)(F)c1cccc(Nc2nc(Br)cs2)c1.NNc1cccc(Br)c1. The summed E-state index contributed by atoms with van der Waals surface area (Å²) >= 11 is 13.0. The molecule has 0 radical (unpaired) electrons. The summed E-state index contributed by atoms with van der Waals surface area (Å²) in [6.07, 6.45) is -9.27. The topological polar surface area (TPSA) is 282 Å². The third kappa shape index (κ3) is 43.0. The summed E-state index contributed by atoms with van der Waals surface area (Å²) in [4.78, 5) is 58.9. The summed E-state index contributed by atoms with van der Waals surface area (Å²) < 4.78 is 171. The molecule has 0 saturated heterocycles. The minimum absolute atomic E-state index is 0.170. The second-order valence-electron chi connectivity index (χ2n) is 26.3. The third-order valence-electron chi connectivity index (χ3n) is 16.0.